The monoisotopic (exact) mass is 459 g/mol. The quantitative estimate of drug-likeness (QED) is 0.393. The van der Waals surface area contributed by atoms with Gasteiger partial charge in [0.2, 0.25) is 0 Å². The molecule has 4 nitrogen and oxygen atoms in total. The highest BCUT2D eigenvalue weighted by Gasteiger charge is 2.12. The summed E-state index contributed by atoms with van der Waals surface area (Å²) in [7, 11) is 4.03. The van der Waals surface area contributed by atoms with Gasteiger partial charge in [-0.2, -0.15) is 0 Å². The fourth-order valence-electron chi connectivity index (χ4n) is 3.36. The third-order valence-corrected chi connectivity index (χ3v) is 5.44. The molecule has 0 unspecified atom stereocenters. The van der Waals surface area contributed by atoms with Crippen LogP contribution in [0.15, 0.2) is 76.0 Å². The zero-order chi connectivity index (χ0) is 21.3. The lowest BCUT2D eigenvalue weighted by atomic mass is 10.1. The van der Waals surface area contributed by atoms with Crippen LogP contribution in [0.3, 0.4) is 0 Å². The molecule has 30 heavy (non-hydrogen) atoms. The third-order valence-electron chi connectivity index (χ3n) is 4.95. The summed E-state index contributed by atoms with van der Waals surface area (Å²) in [6.07, 6.45) is 3.88. The molecule has 150 valence electrons. The van der Waals surface area contributed by atoms with E-state index in [1.54, 1.807) is 4.57 Å². The maximum atomic E-state index is 13.4. The van der Waals surface area contributed by atoms with Crippen LogP contribution in [0.25, 0.3) is 28.7 Å². The average Bonchev–Trinajstić information content (AvgIpc) is 2.73. The van der Waals surface area contributed by atoms with Gasteiger partial charge in [-0.3, -0.25) is 9.36 Å². The number of aryl methyl sites for hydroxylation is 1. The Morgan fingerprint density at radius 3 is 2.43 bits per heavy atom. The van der Waals surface area contributed by atoms with Gasteiger partial charge in [-0.05, 0) is 66.6 Å². The number of hydrogen-bond donors (Lipinski definition) is 0. The first-order valence-corrected chi connectivity index (χ1v) is 10.5. The summed E-state index contributed by atoms with van der Waals surface area (Å²) in [6, 6.07) is 21.7. The minimum atomic E-state index is -0.0884. The molecule has 3 aromatic carbocycles. The normalized spacial score (nSPS) is 11.3. The number of aromatic nitrogens is 2. The van der Waals surface area contributed by atoms with Crippen molar-refractivity contribution in [2.24, 2.45) is 0 Å². The van der Waals surface area contributed by atoms with Crippen LogP contribution in [0.1, 0.15) is 17.0 Å². The minimum absolute atomic E-state index is 0.0884. The van der Waals surface area contributed by atoms with Crippen LogP contribution < -0.4 is 10.5 Å². The lowest BCUT2D eigenvalue weighted by Gasteiger charge is -2.13. The fraction of sp³-hybridized carbons (Fsp3) is 0.120. The van der Waals surface area contributed by atoms with Gasteiger partial charge in [-0.1, -0.05) is 46.3 Å². The second-order valence-corrected chi connectivity index (χ2v) is 8.35. The molecule has 0 radical (unpaired) electrons. The molecule has 0 saturated heterocycles. The standard InChI is InChI=1S/C25H22BrN3O/c1-17-5-4-6-21(15-17)29-24(14-9-18-7-11-20(12-8-18)28(2)3)27-23-13-10-19(26)16-22(23)25(29)30/h4-16H,1-3H3. The molecule has 0 fully saturated rings. The number of nitrogens with zero attached hydrogens (tertiary/aromatic N) is 3. The zero-order valence-electron chi connectivity index (χ0n) is 17.1. The van der Waals surface area contributed by atoms with Crippen LogP contribution in [0.5, 0.6) is 0 Å². The highest BCUT2D eigenvalue weighted by molar-refractivity contribution is 9.10. The largest absolute Gasteiger partial charge is 0.378 e. The van der Waals surface area contributed by atoms with E-state index < -0.39 is 0 Å². The average molecular weight is 460 g/mol. The molecule has 0 spiro atoms. The van der Waals surface area contributed by atoms with Crippen molar-refractivity contribution in [3.05, 3.63) is 98.5 Å². The van der Waals surface area contributed by atoms with E-state index in [0.717, 1.165) is 27.0 Å². The van der Waals surface area contributed by atoms with Crippen molar-refractivity contribution in [2.45, 2.75) is 6.92 Å². The van der Waals surface area contributed by atoms with Gasteiger partial charge >= 0.3 is 0 Å². The second-order valence-electron chi connectivity index (χ2n) is 7.43. The van der Waals surface area contributed by atoms with E-state index >= 15 is 0 Å². The van der Waals surface area contributed by atoms with E-state index in [1.807, 2.05) is 75.6 Å². The predicted octanol–water partition coefficient (Wildman–Crippen LogP) is 5.69. The van der Waals surface area contributed by atoms with Gasteiger partial charge in [0.15, 0.2) is 0 Å². The summed E-state index contributed by atoms with van der Waals surface area (Å²) in [6.45, 7) is 2.02. The van der Waals surface area contributed by atoms with E-state index in [4.69, 9.17) is 4.98 Å². The molecule has 0 bridgehead atoms. The Bertz CT molecular complexity index is 1300. The molecule has 4 aromatic rings. The van der Waals surface area contributed by atoms with Crippen molar-refractivity contribution in [3.8, 4) is 5.69 Å². The Hall–Kier alpha value is -3.18. The van der Waals surface area contributed by atoms with Crippen LogP contribution in [-0.2, 0) is 0 Å². The van der Waals surface area contributed by atoms with Crippen molar-refractivity contribution in [1.82, 2.24) is 9.55 Å². The minimum Gasteiger partial charge on any atom is -0.378 e. The van der Waals surface area contributed by atoms with Crippen LogP contribution in [0.2, 0.25) is 0 Å². The van der Waals surface area contributed by atoms with E-state index in [2.05, 4.69) is 45.1 Å². The van der Waals surface area contributed by atoms with Crippen LogP contribution in [-0.4, -0.2) is 23.6 Å². The summed E-state index contributed by atoms with van der Waals surface area (Å²) in [5.74, 6) is 0.595. The van der Waals surface area contributed by atoms with Gasteiger partial charge in [0.05, 0.1) is 16.6 Å². The molecule has 0 aliphatic heterocycles. The zero-order valence-corrected chi connectivity index (χ0v) is 18.7. The van der Waals surface area contributed by atoms with Crippen LogP contribution in [0, 0.1) is 6.92 Å². The van der Waals surface area contributed by atoms with E-state index in [-0.39, 0.29) is 5.56 Å². The molecule has 1 heterocycles. The number of rotatable bonds is 4. The van der Waals surface area contributed by atoms with Crippen molar-refractivity contribution >= 4 is 44.7 Å². The molecule has 4 rings (SSSR count). The van der Waals surface area contributed by atoms with E-state index in [1.165, 1.54) is 0 Å². The third kappa shape index (κ3) is 4.07. The highest BCUT2D eigenvalue weighted by Crippen LogP contribution is 2.20. The number of anilines is 1. The van der Waals surface area contributed by atoms with Gasteiger partial charge in [-0.25, -0.2) is 4.98 Å². The number of halogens is 1. The molecule has 0 atom stereocenters. The number of fused-ring (bicyclic) bond motifs is 1. The van der Waals surface area contributed by atoms with E-state index in [9.17, 15) is 4.79 Å². The highest BCUT2D eigenvalue weighted by atomic mass is 79.9. The summed E-state index contributed by atoms with van der Waals surface area (Å²) < 4.78 is 2.53. The molecule has 0 saturated carbocycles. The molecular formula is C25H22BrN3O. The maximum absolute atomic E-state index is 13.4. The SMILES string of the molecule is Cc1cccc(-n2c(C=Cc3ccc(N(C)C)cc3)nc3ccc(Br)cc3c2=O)c1. The molecule has 5 heteroatoms. The molecule has 1 aromatic heterocycles. The summed E-state index contributed by atoms with van der Waals surface area (Å²) in [5, 5.41) is 0.582. The lowest BCUT2D eigenvalue weighted by molar-refractivity contribution is 0.942. The van der Waals surface area contributed by atoms with E-state index in [0.29, 0.717) is 16.7 Å². The molecule has 0 amide bonds. The molecule has 0 aliphatic carbocycles. The number of benzene rings is 3. The first-order valence-electron chi connectivity index (χ1n) is 9.67. The summed E-state index contributed by atoms with van der Waals surface area (Å²) >= 11 is 3.46. The van der Waals surface area contributed by atoms with Gasteiger partial charge in [0.1, 0.15) is 5.82 Å². The fourth-order valence-corrected chi connectivity index (χ4v) is 3.72. The number of hydrogen-bond acceptors (Lipinski definition) is 3. The maximum Gasteiger partial charge on any atom is 0.266 e. The Kier molecular flexibility index (Phi) is 5.55. The topological polar surface area (TPSA) is 38.1 Å². The van der Waals surface area contributed by atoms with Crippen molar-refractivity contribution in [3.63, 3.8) is 0 Å². The Balaban J connectivity index is 1.88. The first-order chi connectivity index (χ1) is 14.4. The first kappa shape index (κ1) is 20.1. The molecular weight excluding hydrogens is 438 g/mol. The smallest absolute Gasteiger partial charge is 0.266 e. The summed E-state index contributed by atoms with van der Waals surface area (Å²) in [5.41, 5.74) is 4.66. The van der Waals surface area contributed by atoms with Gasteiger partial charge in [0.25, 0.3) is 5.56 Å². The van der Waals surface area contributed by atoms with Crippen LogP contribution in [0.4, 0.5) is 5.69 Å². The van der Waals surface area contributed by atoms with Gasteiger partial charge < -0.3 is 4.90 Å². The Morgan fingerprint density at radius 2 is 1.73 bits per heavy atom. The second kappa shape index (κ2) is 8.28. The van der Waals surface area contributed by atoms with Crippen molar-refractivity contribution < 1.29 is 0 Å². The molecule has 0 N–H and O–H groups in total. The summed E-state index contributed by atoms with van der Waals surface area (Å²) in [4.78, 5) is 20.3. The van der Waals surface area contributed by atoms with Gasteiger partial charge in [0, 0.05) is 24.3 Å². The molecule has 0 aliphatic rings. The lowest BCUT2D eigenvalue weighted by Crippen LogP contribution is -2.22. The Labute approximate surface area is 184 Å². The Morgan fingerprint density at radius 1 is 0.967 bits per heavy atom. The van der Waals surface area contributed by atoms with Crippen molar-refractivity contribution in [2.75, 3.05) is 19.0 Å². The van der Waals surface area contributed by atoms with Gasteiger partial charge in [-0.15, -0.1) is 0 Å². The van der Waals surface area contributed by atoms with Crippen LogP contribution >= 0.6 is 15.9 Å². The predicted molar refractivity (Wildman–Crippen MR) is 129 cm³/mol. The van der Waals surface area contributed by atoms with Crippen molar-refractivity contribution in [1.29, 1.82) is 0 Å².